The van der Waals surface area contributed by atoms with E-state index in [9.17, 15) is 9.59 Å². The summed E-state index contributed by atoms with van der Waals surface area (Å²) in [4.78, 5) is 22.7. The summed E-state index contributed by atoms with van der Waals surface area (Å²) in [6, 6.07) is 14.2. The molecule has 0 unspecified atom stereocenters. The molecule has 0 spiro atoms. The number of carbonyl (C=O) groups is 2. The summed E-state index contributed by atoms with van der Waals surface area (Å²) in [5.74, 6) is -0.651. The lowest BCUT2D eigenvalue weighted by molar-refractivity contribution is -0.117. The molecule has 2 aromatic carbocycles. The van der Waals surface area contributed by atoms with Crippen molar-refractivity contribution in [1.29, 1.82) is 0 Å². The second-order valence-corrected chi connectivity index (χ2v) is 5.09. The molecule has 0 radical (unpaired) electrons. The Hall–Kier alpha value is -2.59. The maximum Gasteiger partial charge on any atom is 0.248 e. The molecule has 3 N–H and O–H groups in total. The summed E-state index contributed by atoms with van der Waals surface area (Å²) in [7, 11) is 0. The van der Waals surface area contributed by atoms with Gasteiger partial charge in [-0.2, -0.15) is 0 Å². The number of anilines is 1. The van der Waals surface area contributed by atoms with Crippen LogP contribution < -0.4 is 11.1 Å². The first-order valence-electron chi connectivity index (χ1n) is 6.65. The van der Waals surface area contributed by atoms with E-state index in [1.807, 2.05) is 18.2 Å². The zero-order valence-corrected chi connectivity index (χ0v) is 12.5. The van der Waals surface area contributed by atoms with Gasteiger partial charge in [-0.1, -0.05) is 41.9 Å². The molecule has 0 heterocycles. The fourth-order valence-corrected chi connectivity index (χ4v) is 2.07. The third-order valence-corrected chi connectivity index (χ3v) is 3.26. The number of hydrogen-bond acceptors (Lipinski definition) is 2. The molecular weight excluding hydrogens is 300 g/mol. The number of amides is 2. The number of nitrogens with one attached hydrogen (secondary N) is 1. The van der Waals surface area contributed by atoms with Gasteiger partial charge in [0.1, 0.15) is 0 Å². The van der Waals surface area contributed by atoms with Crippen LogP contribution in [-0.4, -0.2) is 11.8 Å². The van der Waals surface area contributed by atoms with Crippen molar-refractivity contribution in [2.75, 3.05) is 5.32 Å². The lowest BCUT2D eigenvalue weighted by Gasteiger charge is -2.04. The number of hydrogen-bond donors (Lipinski definition) is 2. The zero-order valence-electron chi connectivity index (χ0n) is 11.8. The fourth-order valence-electron chi connectivity index (χ4n) is 1.87. The minimum absolute atomic E-state index is 0.181. The fraction of sp³-hybridized carbons (Fsp3) is 0.0588. The molecule has 0 fully saturated rings. The Morgan fingerprint density at radius 1 is 1.09 bits per heavy atom. The lowest BCUT2D eigenvalue weighted by atomic mass is 10.1. The number of primary amides is 1. The van der Waals surface area contributed by atoms with Crippen molar-refractivity contribution in [2.24, 2.45) is 5.73 Å². The van der Waals surface area contributed by atoms with Gasteiger partial charge in [0, 0.05) is 16.8 Å². The van der Waals surface area contributed by atoms with Crippen molar-refractivity contribution in [2.45, 2.75) is 6.42 Å². The van der Waals surface area contributed by atoms with Crippen molar-refractivity contribution in [3.05, 3.63) is 70.8 Å². The summed E-state index contributed by atoms with van der Waals surface area (Å²) in [6.07, 6.45) is 3.25. The monoisotopic (exact) mass is 314 g/mol. The summed E-state index contributed by atoms with van der Waals surface area (Å²) < 4.78 is 0. The Morgan fingerprint density at radius 2 is 1.77 bits per heavy atom. The lowest BCUT2D eigenvalue weighted by Crippen LogP contribution is -2.13. The van der Waals surface area contributed by atoms with Gasteiger partial charge in [0.15, 0.2) is 0 Å². The predicted octanol–water partition coefficient (Wildman–Crippen LogP) is 3.02. The second-order valence-electron chi connectivity index (χ2n) is 4.68. The predicted molar refractivity (Wildman–Crippen MR) is 88.5 cm³/mol. The molecule has 0 saturated heterocycles. The first kappa shape index (κ1) is 15.8. The third-order valence-electron chi connectivity index (χ3n) is 2.92. The van der Waals surface area contributed by atoms with Crippen LogP contribution in [0, 0.1) is 0 Å². The van der Waals surface area contributed by atoms with Crippen LogP contribution >= 0.6 is 11.6 Å². The van der Waals surface area contributed by atoms with Crippen LogP contribution in [0.1, 0.15) is 11.1 Å². The molecule has 0 bridgehead atoms. The van der Waals surface area contributed by atoms with Crippen LogP contribution in [0.5, 0.6) is 0 Å². The average Bonchev–Trinajstić information content (AvgIpc) is 2.48. The molecule has 4 nitrogen and oxygen atoms in total. The Morgan fingerprint density at radius 3 is 2.41 bits per heavy atom. The van der Waals surface area contributed by atoms with Gasteiger partial charge in [0.2, 0.25) is 11.8 Å². The van der Waals surface area contributed by atoms with Gasteiger partial charge in [-0.25, -0.2) is 0 Å². The largest absolute Gasteiger partial charge is 0.369 e. The summed E-state index contributed by atoms with van der Waals surface area (Å²) >= 11 is 6.01. The highest BCUT2D eigenvalue weighted by Crippen LogP contribution is 2.16. The van der Waals surface area contributed by atoms with E-state index in [1.54, 1.807) is 36.4 Å². The highest BCUT2D eigenvalue weighted by molar-refractivity contribution is 6.32. The van der Waals surface area contributed by atoms with Gasteiger partial charge in [-0.3, -0.25) is 9.59 Å². The molecule has 0 atom stereocenters. The molecule has 22 heavy (non-hydrogen) atoms. The number of rotatable bonds is 5. The van der Waals surface area contributed by atoms with Crippen LogP contribution in [0.4, 0.5) is 5.69 Å². The molecule has 2 rings (SSSR count). The molecule has 2 aromatic rings. The maximum absolute atomic E-state index is 11.8. The molecule has 0 aromatic heterocycles. The molecule has 2 amide bonds. The van der Waals surface area contributed by atoms with Crippen LogP contribution in [0.15, 0.2) is 54.6 Å². The third kappa shape index (κ3) is 4.75. The molecule has 0 aliphatic heterocycles. The highest BCUT2D eigenvalue weighted by atomic mass is 35.5. The number of carbonyl (C=O) groups excluding carboxylic acids is 2. The minimum Gasteiger partial charge on any atom is -0.369 e. The molecule has 0 aliphatic carbocycles. The number of nitrogens with two attached hydrogens (primary N) is 1. The van der Waals surface area contributed by atoms with Crippen molar-refractivity contribution < 1.29 is 9.59 Å². The minimum atomic E-state index is -0.389. The van der Waals surface area contributed by atoms with Crippen molar-refractivity contribution in [1.82, 2.24) is 0 Å². The van der Waals surface area contributed by atoms with Gasteiger partial charge in [-0.05, 0) is 35.4 Å². The van der Waals surface area contributed by atoms with E-state index >= 15 is 0 Å². The molecule has 112 valence electrons. The van der Waals surface area contributed by atoms with Crippen molar-refractivity contribution in [3.63, 3.8) is 0 Å². The SMILES string of the molecule is NC(=O)Cc1ccc(NC(=O)C=Cc2ccccc2Cl)cc1. The molecular formula is C17H15ClN2O2. The van der Waals surface area contributed by atoms with Crippen molar-refractivity contribution >= 4 is 35.2 Å². The Kier molecular flexibility index (Phi) is 5.33. The average molecular weight is 315 g/mol. The highest BCUT2D eigenvalue weighted by Gasteiger charge is 2.01. The van der Waals surface area contributed by atoms with Crippen LogP contribution in [0.25, 0.3) is 6.08 Å². The van der Waals surface area contributed by atoms with Gasteiger partial charge in [0.25, 0.3) is 0 Å². The van der Waals surface area contributed by atoms with Gasteiger partial charge >= 0.3 is 0 Å². The second kappa shape index (κ2) is 7.43. The van der Waals surface area contributed by atoms with E-state index in [0.717, 1.165) is 11.1 Å². The van der Waals surface area contributed by atoms with E-state index < -0.39 is 0 Å². The van der Waals surface area contributed by atoms with E-state index in [1.165, 1.54) is 6.08 Å². The Bertz CT molecular complexity index is 709. The first-order valence-corrected chi connectivity index (χ1v) is 7.03. The van der Waals surface area contributed by atoms with E-state index in [0.29, 0.717) is 10.7 Å². The topological polar surface area (TPSA) is 72.2 Å². The van der Waals surface area contributed by atoms with Crippen LogP contribution in [-0.2, 0) is 16.0 Å². The standard InChI is InChI=1S/C17H15ClN2O2/c18-15-4-2-1-3-13(15)7-10-17(22)20-14-8-5-12(6-9-14)11-16(19)21/h1-10H,11H2,(H2,19,21)(H,20,22). The zero-order chi connectivity index (χ0) is 15.9. The molecule has 0 aliphatic rings. The first-order chi connectivity index (χ1) is 10.5. The van der Waals surface area contributed by atoms with Gasteiger partial charge in [-0.15, -0.1) is 0 Å². The maximum atomic E-state index is 11.8. The van der Waals surface area contributed by atoms with E-state index in [2.05, 4.69) is 5.32 Å². The van der Waals surface area contributed by atoms with Crippen LogP contribution in [0.3, 0.4) is 0 Å². The molecule has 5 heteroatoms. The van der Waals surface area contributed by atoms with Crippen molar-refractivity contribution in [3.8, 4) is 0 Å². The smallest absolute Gasteiger partial charge is 0.248 e. The number of benzene rings is 2. The quantitative estimate of drug-likeness (QED) is 0.833. The normalized spacial score (nSPS) is 10.6. The van der Waals surface area contributed by atoms with Crippen LogP contribution in [0.2, 0.25) is 5.02 Å². The van der Waals surface area contributed by atoms with E-state index in [4.69, 9.17) is 17.3 Å². The Labute approximate surface area is 133 Å². The van der Waals surface area contributed by atoms with E-state index in [-0.39, 0.29) is 18.2 Å². The molecule has 0 saturated carbocycles. The summed E-state index contributed by atoms with van der Waals surface area (Å²) in [6.45, 7) is 0. The Balaban J connectivity index is 1.97. The van der Waals surface area contributed by atoms with Gasteiger partial charge in [0.05, 0.1) is 6.42 Å². The summed E-state index contributed by atoms with van der Waals surface area (Å²) in [5, 5.41) is 3.31. The number of halogens is 1. The summed E-state index contributed by atoms with van der Waals surface area (Å²) in [5.41, 5.74) is 7.34. The van der Waals surface area contributed by atoms with Gasteiger partial charge < -0.3 is 11.1 Å².